The Balaban J connectivity index is 2.14. The molecule has 1 aliphatic rings. The van der Waals surface area contributed by atoms with Crippen molar-refractivity contribution in [3.63, 3.8) is 0 Å². The molecule has 1 saturated heterocycles. The van der Waals surface area contributed by atoms with Crippen molar-refractivity contribution in [2.45, 2.75) is 59.0 Å². The summed E-state index contributed by atoms with van der Waals surface area (Å²) >= 11 is 0. The normalized spacial score (nSPS) is 17.0. The molecule has 29 heavy (non-hydrogen) atoms. The third-order valence-electron chi connectivity index (χ3n) is 6.40. The van der Waals surface area contributed by atoms with Crippen LogP contribution in [0.25, 0.3) is 16.7 Å². The molecule has 0 amide bonds. The molecule has 1 fully saturated rings. The van der Waals surface area contributed by atoms with Crippen LogP contribution in [0.1, 0.15) is 54.9 Å². The van der Waals surface area contributed by atoms with E-state index in [1.54, 1.807) is 0 Å². The van der Waals surface area contributed by atoms with E-state index >= 15 is 0 Å². The van der Waals surface area contributed by atoms with Crippen LogP contribution in [-0.4, -0.2) is 41.1 Å². The fourth-order valence-corrected chi connectivity index (χ4v) is 4.86. The molecular weight excluding hydrogens is 358 g/mol. The Bertz CT molecular complexity index is 1100. The lowest BCUT2D eigenvalue weighted by atomic mass is 9.99. The average Bonchev–Trinajstić information content (AvgIpc) is 3.32. The van der Waals surface area contributed by atoms with Gasteiger partial charge in [0.2, 0.25) is 0 Å². The van der Waals surface area contributed by atoms with Gasteiger partial charge in [0.15, 0.2) is 5.65 Å². The molecule has 1 aromatic carbocycles. The molecular formula is C24H31N5. The van der Waals surface area contributed by atoms with E-state index in [9.17, 15) is 5.26 Å². The zero-order valence-electron chi connectivity index (χ0n) is 18.3. The van der Waals surface area contributed by atoms with Crippen LogP contribution in [0.2, 0.25) is 0 Å². The van der Waals surface area contributed by atoms with Gasteiger partial charge in [-0.05, 0) is 76.4 Å². The van der Waals surface area contributed by atoms with Gasteiger partial charge in [0.25, 0.3) is 0 Å². The quantitative estimate of drug-likeness (QED) is 0.628. The van der Waals surface area contributed by atoms with E-state index in [0.717, 1.165) is 65.6 Å². The number of aryl methyl sites for hydroxylation is 1. The molecule has 1 atom stereocenters. The van der Waals surface area contributed by atoms with E-state index < -0.39 is 0 Å². The van der Waals surface area contributed by atoms with Crippen LogP contribution in [0.4, 0.5) is 5.82 Å². The number of hydrogen-bond acceptors (Lipinski definition) is 4. The Hall–Kier alpha value is -2.58. The van der Waals surface area contributed by atoms with Crippen molar-refractivity contribution in [1.82, 2.24) is 14.3 Å². The maximum Gasteiger partial charge on any atom is 0.157 e. The Morgan fingerprint density at radius 2 is 2.07 bits per heavy atom. The summed E-state index contributed by atoms with van der Waals surface area (Å²) in [4.78, 5) is 9.84. The van der Waals surface area contributed by atoms with Gasteiger partial charge in [-0.25, -0.2) is 4.98 Å². The molecule has 0 spiro atoms. The number of nitrogens with zero attached hydrogens (tertiary/aromatic N) is 5. The highest BCUT2D eigenvalue weighted by Gasteiger charge is 2.32. The Labute approximate surface area is 173 Å². The van der Waals surface area contributed by atoms with Crippen LogP contribution in [-0.2, 0) is 6.42 Å². The molecule has 2 aromatic heterocycles. The van der Waals surface area contributed by atoms with Gasteiger partial charge in [-0.15, -0.1) is 0 Å². The van der Waals surface area contributed by atoms with E-state index in [4.69, 9.17) is 4.98 Å². The lowest BCUT2D eigenvalue weighted by Crippen LogP contribution is -2.42. The maximum atomic E-state index is 10.0. The molecule has 3 aromatic rings. The summed E-state index contributed by atoms with van der Waals surface area (Å²) in [5.41, 5.74) is 7.18. The summed E-state index contributed by atoms with van der Waals surface area (Å²) in [5.74, 6) is 1.24. The summed E-state index contributed by atoms with van der Waals surface area (Å²) < 4.78 is 2.28. The number of unbranched alkanes of at least 4 members (excludes halogenated alkanes) is 1. The number of nitriles is 1. The van der Waals surface area contributed by atoms with Crippen molar-refractivity contribution in [2.24, 2.45) is 0 Å². The van der Waals surface area contributed by atoms with E-state index in [2.05, 4.69) is 73.3 Å². The topological polar surface area (TPSA) is 47.6 Å². The summed E-state index contributed by atoms with van der Waals surface area (Å²) in [7, 11) is 4.33. The number of imidazole rings is 1. The van der Waals surface area contributed by atoms with Crippen LogP contribution in [0, 0.1) is 25.2 Å². The molecule has 0 radical (unpaired) electrons. The Kier molecular flexibility index (Phi) is 5.23. The molecule has 5 nitrogen and oxygen atoms in total. The summed E-state index contributed by atoms with van der Waals surface area (Å²) in [6.45, 7) is 7.48. The third-order valence-corrected chi connectivity index (χ3v) is 6.40. The minimum Gasteiger partial charge on any atom is -0.342 e. The molecule has 152 valence electrons. The third kappa shape index (κ3) is 3.07. The van der Waals surface area contributed by atoms with Crippen molar-refractivity contribution in [3.05, 3.63) is 40.5 Å². The first-order valence-electron chi connectivity index (χ1n) is 10.8. The second kappa shape index (κ2) is 7.68. The van der Waals surface area contributed by atoms with Gasteiger partial charge < -0.3 is 4.90 Å². The second-order valence-corrected chi connectivity index (χ2v) is 8.51. The van der Waals surface area contributed by atoms with Crippen LogP contribution < -0.4 is 4.90 Å². The van der Waals surface area contributed by atoms with Crippen molar-refractivity contribution >= 4 is 22.5 Å². The Morgan fingerprint density at radius 1 is 1.28 bits per heavy atom. The zero-order chi connectivity index (χ0) is 20.7. The molecule has 1 unspecified atom stereocenters. The predicted molar refractivity (Wildman–Crippen MR) is 120 cm³/mol. The highest BCUT2D eigenvalue weighted by Crippen LogP contribution is 2.38. The Morgan fingerprint density at radius 3 is 2.76 bits per heavy atom. The van der Waals surface area contributed by atoms with Crippen LogP contribution in [0.3, 0.4) is 0 Å². The number of para-hydroxylation sites is 1. The molecule has 4 rings (SSSR count). The summed E-state index contributed by atoms with van der Waals surface area (Å²) in [6.07, 6.45) is 5.96. The van der Waals surface area contributed by atoms with Gasteiger partial charge in [-0.3, -0.25) is 9.30 Å². The average molecular weight is 390 g/mol. The standard InChI is InChI=1S/C24H31N5/c1-6-7-11-18-17(3)19(15-25)23-26-22-16(2)10-8-12-20(22)29(23)24(18)28-14-9-13-21(28)27(4)5/h8,10,12,21H,6-7,9,11,13-14H2,1-5H3. The zero-order valence-corrected chi connectivity index (χ0v) is 18.3. The van der Waals surface area contributed by atoms with E-state index in [0.29, 0.717) is 6.17 Å². The van der Waals surface area contributed by atoms with Crippen LogP contribution in [0.5, 0.6) is 0 Å². The van der Waals surface area contributed by atoms with Crippen LogP contribution >= 0.6 is 0 Å². The largest absolute Gasteiger partial charge is 0.342 e. The second-order valence-electron chi connectivity index (χ2n) is 8.51. The summed E-state index contributed by atoms with van der Waals surface area (Å²) in [6, 6.07) is 8.82. The molecule has 0 N–H and O–H groups in total. The smallest absolute Gasteiger partial charge is 0.157 e. The number of anilines is 1. The van der Waals surface area contributed by atoms with Gasteiger partial charge in [-0.1, -0.05) is 25.5 Å². The summed E-state index contributed by atoms with van der Waals surface area (Å²) in [5, 5.41) is 10.0. The molecule has 0 saturated carbocycles. The lowest BCUT2D eigenvalue weighted by Gasteiger charge is -2.34. The molecule has 5 heteroatoms. The van der Waals surface area contributed by atoms with Gasteiger partial charge in [0.1, 0.15) is 11.9 Å². The van der Waals surface area contributed by atoms with Crippen LogP contribution in [0.15, 0.2) is 18.2 Å². The molecule has 0 bridgehead atoms. The first kappa shape index (κ1) is 19.7. The van der Waals surface area contributed by atoms with E-state index in [1.807, 2.05) is 0 Å². The fourth-order valence-electron chi connectivity index (χ4n) is 4.86. The first-order chi connectivity index (χ1) is 14.0. The number of aromatic nitrogens is 2. The van der Waals surface area contributed by atoms with Gasteiger partial charge in [-0.2, -0.15) is 5.26 Å². The minimum atomic E-state index is 0.369. The van der Waals surface area contributed by atoms with Crippen molar-refractivity contribution in [1.29, 1.82) is 5.26 Å². The minimum absolute atomic E-state index is 0.369. The van der Waals surface area contributed by atoms with Crippen molar-refractivity contribution < 1.29 is 0 Å². The van der Waals surface area contributed by atoms with E-state index in [1.165, 1.54) is 17.8 Å². The maximum absolute atomic E-state index is 10.0. The number of rotatable bonds is 5. The highest BCUT2D eigenvalue weighted by molar-refractivity contribution is 5.88. The first-order valence-corrected chi connectivity index (χ1v) is 10.8. The number of fused-ring (bicyclic) bond motifs is 3. The number of benzene rings is 1. The lowest BCUT2D eigenvalue weighted by molar-refractivity contribution is 0.299. The van der Waals surface area contributed by atoms with E-state index in [-0.39, 0.29) is 0 Å². The van der Waals surface area contributed by atoms with Gasteiger partial charge in [0, 0.05) is 6.54 Å². The number of pyridine rings is 1. The molecule has 0 aliphatic carbocycles. The fraction of sp³-hybridized carbons (Fsp3) is 0.500. The highest BCUT2D eigenvalue weighted by atomic mass is 15.4. The SMILES string of the molecule is CCCCc1c(C)c(C#N)c2nc3c(C)cccc3n2c1N1CCCC1N(C)C. The van der Waals surface area contributed by atoms with Gasteiger partial charge in [0.05, 0.1) is 22.8 Å². The van der Waals surface area contributed by atoms with Gasteiger partial charge >= 0.3 is 0 Å². The molecule has 1 aliphatic heterocycles. The number of hydrogen-bond donors (Lipinski definition) is 0. The van der Waals surface area contributed by atoms with Crippen molar-refractivity contribution in [3.8, 4) is 6.07 Å². The monoisotopic (exact) mass is 389 g/mol. The van der Waals surface area contributed by atoms with Crippen molar-refractivity contribution in [2.75, 3.05) is 25.5 Å². The molecule has 3 heterocycles. The predicted octanol–water partition coefficient (Wildman–Crippen LogP) is 4.81.